The van der Waals surface area contributed by atoms with Crippen molar-refractivity contribution in [3.05, 3.63) is 420 Å². The van der Waals surface area contributed by atoms with Gasteiger partial charge in [0.05, 0.1) is 24.4 Å². The Hall–Kier alpha value is -11.0. The van der Waals surface area contributed by atoms with Gasteiger partial charge in [-0.3, -0.25) is 9.59 Å². The smallest absolute Gasteiger partial charge is 0.178 e. The molecule has 0 radical (unpaired) electrons. The summed E-state index contributed by atoms with van der Waals surface area (Å²) < 4.78 is 0. The molecule has 0 heterocycles. The van der Waals surface area contributed by atoms with Gasteiger partial charge in [0.2, 0.25) is 0 Å². The highest BCUT2D eigenvalue weighted by Gasteiger charge is 2.01. The lowest BCUT2D eigenvalue weighted by atomic mass is 10.1. The van der Waals surface area contributed by atoms with E-state index in [0.717, 1.165) is 71.9 Å². The monoisotopic (exact) mass is 1310 g/mol. The molecule has 0 fully saturated rings. The van der Waals surface area contributed by atoms with Crippen molar-refractivity contribution >= 4 is 60.2 Å². The zero-order chi connectivity index (χ0) is 70.7. The van der Waals surface area contributed by atoms with Crippen LogP contribution in [0.2, 0.25) is 0 Å². The molecule has 0 spiro atoms. The molecular weight excluding hydrogens is 1210 g/mol. The highest BCUT2D eigenvalue weighted by Crippen LogP contribution is 2.12. The summed E-state index contributed by atoms with van der Waals surface area (Å²) >= 11 is 0. The third-order valence-electron chi connectivity index (χ3n) is 13.9. The number of ketones is 2. The zero-order valence-electron chi connectivity index (χ0n) is 57.5. The van der Waals surface area contributed by atoms with E-state index in [0.29, 0.717) is 0 Å². The Morgan fingerprint density at radius 2 is 0.596 bits per heavy atom. The van der Waals surface area contributed by atoms with E-state index >= 15 is 0 Å². The minimum absolute atomic E-state index is 0.0320. The van der Waals surface area contributed by atoms with Gasteiger partial charge in [0.25, 0.3) is 0 Å². The van der Waals surface area contributed by atoms with E-state index in [1.54, 1.807) is 62.5 Å². The van der Waals surface area contributed by atoms with Gasteiger partial charge in [-0.1, -0.05) is 401 Å². The molecule has 6 nitrogen and oxygen atoms in total. The molecule has 2 atom stereocenters. The Morgan fingerprint density at radius 1 is 0.313 bits per heavy atom. The minimum atomic E-state index is -0.583. The number of hydrogen-bond acceptors (Lipinski definition) is 6. The molecule has 99 heavy (non-hydrogen) atoms. The van der Waals surface area contributed by atoms with Gasteiger partial charge in [0, 0.05) is 0 Å². The van der Waals surface area contributed by atoms with Crippen molar-refractivity contribution in [2.24, 2.45) is 0 Å². The van der Waals surface area contributed by atoms with E-state index < -0.39 is 6.10 Å². The molecule has 0 aromatic heterocycles. The van der Waals surface area contributed by atoms with E-state index in [1.165, 1.54) is 16.7 Å². The molecule has 0 amide bonds. The molecule has 506 valence electrons. The lowest BCUT2D eigenvalue weighted by Crippen LogP contribution is -2.04. The summed E-state index contributed by atoms with van der Waals surface area (Å²) in [5, 5.41) is 37.7. The second kappa shape index (κ2) is 54.2. The predicted molar refractivity (Wildman–Crippen MR) is 425 cm³/mol. The lowest BCUT2D eigenvalue weighted by Gasteiger charge is -2.06. The van der Waals surface area contributed by atoms with E-state index in [9.17, 15) is 19.8 Å². The topological polar surface area (TPSA) is 115 Å². The van der Waals surface area contributed by atoms with Gasteiger partial charge in [-0.25, -0.2) is 0 Å². The van der Waals surface area contributed by atoms with Crippen molar-refractivity contribution in [1.29, 1.82) is 0 Å². The number of aliphatic hydroxyl groups is 4. The van der Waals surface area contributed by atoms with Crippen LogP contribution in [0.4, 0.5) is 0 Å². The van der Waals surface area contributed by atoms with Crippen LogP contribution in [0.5, 0.6) is 0 Å². The van der Waals surface area contributed by atoms with Gasteiger partial charge >= 0.3 is 0 Å². The molecule has 0 aliphatic carbocycles. The van der Waals surface area contributed by atoms with Crippen LogP contribution >= 0.6 is 0 Å². The second-order valence-electron chi connectivity index (χ2n) is 22.6. The normalized spacial score (nSPS) is 12.1. The number of rotatable bonds is 27. The van der Waals surface area contributed by atoms with Crippen LogP contribution in [0.3, 0.4) is 0 Å². The zero-order valence-corrected chi connectivity index (χ0v) is 57.5. The summed E-state index contributed by atoms with van der Waals surface area (Å²) in [4.78, 5) is 22.2. The lowest BCUT2D eigenvalue weighted by molar-refractivity contribution is -0.112. The van der Waals surface area contributed by atoms with E-state index in [2.05, 4.69) is 60.7 Å². The number of hydrogen-bond donors (Lipinski definition) is 4. The average Bonchev–Trinajstić information content (AvgIpc) is 3.69. The predicted octanol–water partition coefficient (Wildman–Crippen LogP) is 21.7. The maximum Gasteiger partial charge on any atom is 0.178 e. The molecule has 9 rings (SSSR count). The van der Waals surface area contributed by atoms with Crippen LogP contribution in [0, 0.1) is 0 Å². The van der Waals surface area contributed by atoms with Crippen molar-refractivity contribution in [2.75, 3.05) is 0 Å². The molecule has 4 N–H and O–H groups in total. The van der Waals surface area contributed by atoms with Crippen LogP contribution < -0.4 is 0 Å². The Kier molecular flexibility index (Phi) is 44.1. The van der Waals surface area contributed by atoms with E-state index in [-0.39, 0.29) is 29.9 Å². The number of aliphatic hydroxyl groups excluding tert-OH is 4. The third kappa shape index (κ3) is 45.2. The highest BCUT2D eigenvalue weighted by molar-refractivity contribution is 5.99. The molecule has 9 aromatic carbocycles. The summed E-state index contributed by atoms with van der Waals surface area (Å²) in [7, 11) is 0. The molecule has 0 saturated heterocycles. The van der Waals surface area contributed by atoms with Crippen LogP contribution in [0.25, 0.3) is 48.6 Å². The van der Waals surface area contributed by atoms with Crippen LogP contribution in [-0.2, 0) is 16.0 Å². The Balaban J connectivity index is 0.000000259. The summed E-state index contributed by atoms with van der Waals surface area (Å²) in [6.45, 7) is 5.10. The number of carbonyl (C=O) groups excluding carboxylic acids is 2. The van der Waals surface area contributed by atoms with Gasteiger partial charge in [-0.2, -0.15) is 0 Å². The van der Waals surface area contributed by atoms with Crippen molar-refractivity contribution < 1.29 is 30.0 Å². The first-order valence-electron chi connectivity index (χ1n) is 33.7. The SMILES string of the molecule is CC(=O)/C=C/c1ccccc1.CC(O)/C=C/c1ccccc1.CC(O)CCc1ccccc1.O=C(/C=C/C=C/c1ccccc1)/C=C/C=C/c1ccccc1.OC(/C=C/C=C/c1ccccc1)/C=C/C=C/c1ccccc1.OC(CC/C=C/c1ccccc1)CC/C=C/c1ccccc1. The van der Waals surface area contributed by atoms with Gasteiger partial charge in [0.15, 0.2) is 11.6 Å². The summed E-state index contributed by atoms with van der Waals surface area (Å²) in [5.41, 5.74) is 10.4. The maximum atomic E-state index is 11.6. The van der Waals surface area contributed by atoms with Crippen LogP contribution in [0.1, 0.15) is 103 Å². The summed E-state index contributed by atoms with van der Waals surface area (Å²) in [6.07, 6.45) is 48.8. The molecule has 9 aromatic rings. The first-order valence-corrected chi connectivity index (χ1v) is 33.7. The number of benzene rings is 9. The fourth-order valence-corrected chi connectivity index (χ4v) is 8.60. The van der Waals surface area contributed by atoms with Gasteiger partial charge < -0.3 is 20.4 Å². The Bertz CT molecular complexity index is 3690. The van der Waals surface area contributed by atoms with Crippen LogP contribution in [-0.4, -0.2) is 56.4 Å². The quantitative estimate of drug-likeness (QED) is 0.0301. The van der Waals surface area contributed by atoms with Crippen molar-refractivity contribution in [1.82, 2.24) is 0 Å². The summed E-state index contributed by atoms with van der Waals surface area (Å²) in [6, 6.07) is 90.5. The Labute approximate surface area is 590 Å². The molecule has 6 heteroatoms. The minimum Gasteiger partial charge on any atom is -0.393 e. The first-order chi connectivity index (χ1) is 48.4. The van der Waals surface area contributed by atoms with Crippen molar-refractivity contribution in [3.63, 3.8) is 0 Å². The van der Waals surface area contributed by atoms with E-state index in [1.807, 2.05) is 316 Å². The van der Waals surface area contributed by atoms with Gasteiger partial charge in [-0.15, -0.1) is 0 Å². The maximum absolute atomic E-state index is 11.6. The second-order valence-corrected chi connectivity index (χ2v) is 22.6. The van der Waals surface area contributed by atoms with Crippen molar-refractivity contribution in [2.45, 2.75) is 83.7 Å². The highest BCUT2D eigenvalue weighted by atomic mass is 16.3. The molecule has 0 bridgehead atoms. The molecule has 0 aliphatic rings. The molecule has 0 saturated carbocycles. The summed E-state index contributed by atoms with van der Waals surface area (Å²) in [5.74, 6) is 0.0456. The standard InChI is InChI=1S/C21H24O.C21H20O.C21H18O.C10H14O.C10H12O.C10H10O/c3*22-21(17-9-7-15-19-11-3-1-4-12-19)18-10-8-16-20-13-5-2-6-14-20;3*1-9(11)7-8-10-5-3-2-4-6-10/h1-8,11-16,21-22H,9-10,17-18H2;1-18,21-22H;1-18H;2-6,9,11H,7-8H2,1H3;2-9,11H,1H3;2-8H,1H3/b15-7+,16-8+;2*15-7+,16-8+,17-9+,18-10+;;2*8-7+. The van der Waals surface area contributed by atoms with E-state index in [4.69, 9.17) is 10.2 Å². The van der Waals surface area contributed by atoms with Crippen LogP contribution in [0.15, 0.2) is 370 Å². The number of allylic oxidation sites excluding steroid dienone is 13. The fraction of sp³-hybridized carbons (Fsp3) is 0.140. The number of aryl methyl sites for hydroxylation is 1. The molecule has 2 unspecified atom stereocenters. The van der Waals surface area contributed by atoms with Crippen molar-refractivity contribution in [3.8, 4) is 0 Å². The molecular formula is C93H98O6. The Morgan fingerprint density at radius 3 is 0.899 bits per heavy atom. The average molecular weight is 1310 g/mol. The first kappa shape index (κ1) is 80.5. The van der Waals surface area contributed by atoms with Gasteiger partial charge in [-0.05, 0) is 128 Å². The molecule has 0 aliphatic heterocycles. The largest absolute Gasteiger partial charge is 0.393 e. The third-order valence-corrected chi connectivity index (χ3v) is 13.9. The fourth-order valence-electron chi connectivity index (χ4n) is 8.60. The van der Waals surface area contributed by atoms with Gasteiger partial charge in [0.1, 0.15) is 0 Å². The number of carbonyl (C=O) groups is 2.